The Morgan fingerprint density at radius 3 is 1.83 bits per heavy atom. The molecule has 0 fully saturated rings. The van der Waals surface area contributed by atoms with Crippen LogP contribution in [0, 0.1) is 0 Å². The van der Waals surface area contributed by atoms with Crippen LogP contribution in [0.1, 0.15) is 0 Å². The minimum absolute atomic E-state index is 0.163. The molecule has 0 saturated heterocycles. The van der Waals surface area contributed by atoms with Crippen LogP contribution in [0.15, 0.2) is 140 Å². The first-order valence-corrected chi connectivity index (χ1v) is 17.5. The zero-order valence-corrected chi connectivity index (χ0v) is 28.2. The van der Waals surface area contributed by atoms with E-state index in [1.807, 2.05) is 24.4 Å². The molecule has 0 aliphatic rings. The van der Waals surface area contributed by atoms with Gasteiger partial charge in [-0.1, -0.05) is 0 Å². The fraction of sp³-hybridized carbons (Fsp3) is 0. The standard InChI is InChI=1S/C38H25Cl3N4Se/c39-26-18-36(42-22-26)45(28-16-14-25(15-17-28)24-8-2-1-3-9-24)34-20-29(21-35(38(34)41)46-37-19-27(40)23-43-37)44-32-12-6-4-10-30(32)31-11-5-7-13-33(31)44/h1-23,42-43H. The van der Waals surface area contributed by atoms with Crippen LogP contribution in [-0.2, 0) is 0 Å². The Labute approximate surface area is 287 Å². The number of para-hydroxylation sites is 2. The van der Waals surface area contributed by atoms with E-state index in [0.717, 1.165) is 54.1 Å². The van der Waals surface area contributed by atoms with E-state index in [4.69, 9.17) is 34.8 Å². The molecule has 8 heteroatoms. The second-order valence-corrected chi connectivity index (χ2v) is 14.4. The zero-order valence-electron chi connectivity index (χ0n) is 24.2. The monoisotopic (exact) mass is 722 g/mol. The summed E-state index contributed by atoms with van der Waals surface area (Å²) >= 11 is 20.1. The van der Waals surface area contributed by atoms with E-state index >= 15 is 0 Å². The van der Waals surface area contributed by atoms with E-state index in [2.05, 4.69) is 129 Å². The number of aromatic amines is 2. The molecular formula is C38H25Cl3N4Se. The van der Waals surface area contributed by atoms with Crippen LogP contribution < -0.4 is 14.0 Å². The molecule has 3 heterocycles. The number of H-pyrrole nitrogens is 2. The number of hydrogen-bond acceptors (Lipinski definition) is 1. The van der Waals surface area contributed by atoms with Gasteiger partial charge in [-0.25, -0.2) is 0 Å². The van der Waals surface area contributed by atoms with Gasteiger partial charge in [-0.2, -0.15) is 0 Å². The first-order valence-electron chi connectivity index (χ1n) is 14.7. The van der Waals surface area contributed by atoms with Crippen molar-refractivity contribution in [1.82, 2.24) is 14.5 Å². The minimum atomic E-state index is -0.163. The third-order valence-electron chi connectivity index (χ3n) is 8.03. The first-order chi connectivity index (χ1) is 22.5. The van der Waals surface area contributed by atoms with Gasteiger partial charge in [-0.15, -0.1) is 0 Å². The van der Waals surface area contributed by atoms with Crippen molar-refractivity contribution in [3.05, 3.63) is 155 Å². The Morgan fingerprint density at radius 2 is 1.20 bits per heavy atom. The number of halogens is 3. The Bertz CT molecular complexity index is 2290. The van der Waals surface area contributed by atoms with Gasteiger partial charge in [0, 0.05) is 0 Å². The van der Waals surface area contributed by atoms with E-state index in [9.17, 15) is 0 Å². The average Bonchev–Trinajstić information content (AvgIpc) is 3.80. The number of nitrogens with zero attached hydrogens (tertiary/aromatic N) is 2. The summed E-state index contributed by atoms with van der Waals surface area (Å²) in [6, 6.07) is 44.2. The summed E-state index contributed by atoms with van der Waals surface area (Å²) in [6.45, 7) is 0. The summed E-state index contributed by atoms with van der Waals surface area (Å²) in [4.78, 5) is 8.84. The molecule has 224 valence electrons. The van der Waals surface area contributed by atoms with Gasteiger partial charge in [-0.05, 0) is 0 Å². The summed E-state index contributed by atoms with van der Waals surface area (Å²) < 4.78 is 4.38. The SMILES string of the molecule is Clc1c[nH]c([Se]c2cc(-n3c4ccccc4c4ccccc43)cc(N(c3ccc(-c4ccccc4)cc3)c3cc(Cl)c[nH]3)c2Cl)c1. The topological polar surface area (TPSA) is 39.8 Å². The molecule has 0 aliphatic carbocycles. The van der Waals surface area contributed by atoms with Gasteiger partial charge in [0.1, 0.15) is 0 Å². The summed E-state index contributed by atoms with van der Waals surface area (Å²) in [5.74, 6) is 0.806. The Hall–Kier alpha value is -4.35. The molecule has 0 radical (unpaired) electrons. The number of rotatable bonds is 7. The molecule has 4 nitrogen and oxygen atoms in total. The maximum atomic E-state index is 7.43. The summed E-state index contributed by atoms with van der Waals surface area (Å²) in [7, 11) is 0. The predicted octanol–water partition coefficient (Wildman–Crippen LogP) is 10.2. The van der Waals surface area contributed by atoms with Crippen molar-refractivity contribution < 1.29 is 0 Å². The molecule has 2 N–H and O–H groups in total. The predicted molar refractivity (Wildman–Crippen MR) is 196 cm³/mol. The van der Waals surface area contributed by atoms with E-state index in [-0.39, 0.29) is 15.0 Å². The second kappa shape index (κ2) is 12.1. The molecule has 0 atom stereocenters. The van der Waals surface area contributed by atoms with Gasteiger partial charge in [0.05, 0.1) is 0 Å². The summed E-state index contributed by atoms with van der Waals surface area (Å²) in [5, 5.41) is 4.34. The molecule has 0 amide bonds. The fourth-order valence-electron chi connectivity index (χ4n) is 5.99. The maximum absolute atomic E-state index is 7.43. The van der Waals surface area contributed by atoms with Crippen LogP contribution >= 0.6 is 34.8 Å². The number of aromatic nitrogens is 3. The Morgan fingerprint density at radius 1 is 0.587 bits per heavy atom. The molecule has 0 aliphatic heterocycles. The number of fused-ring (bicyclic) bond motifs is 3. The first kappa shape index (κ1) is 29.1. The molecule has 5 aromatic carbocycles. The normalized spacial score (nSPS) is 11.5. The molecular weight excluding hydrogens is 698 g/mol. The van der Waals surface area contributed by atoms with Crippen LogP contribution in [0.3, 0.4) is 0 Å². The molecule has 8 aromatic rings. The van der Waals surface area contributed by atoms with E-state index < -0.39 is 0 Å². The number of nitrogens with one attached hydrogen (secondary N) is 2. The summed E-state index contributed by atoms with van der Waals surface area (Å²) in [6.07, 6.45) is 3.60. The van der Waals surface area contributed by atoms with Crippen molar-refractivity contribution in [2.45, 2.75) is 0 Å². The van der Waals surface area contributed by atoms with Crippen LogP contribution in [0.25, 0.3) is 38.6 Å². The Kier molecular flexibility index (Phi) is 7.65. The molecule has 46 heavy (non-hydrogen) atoms. The number of hydrogen-bond donors (Lipinski definition) is 2. The van der Waals surface area contributed by atoms with Gasteiger partial charge in [0.15, 0.2) is 0 Å². The van der Waals surface area contributed by atoms with Gasteiger partial charge < -0.3 is 0 Å². The molecule has 0 bridgehead atoms. The second-order valence-electron chi connectivity index (χ2n) is 10.9. The van der Waals surface area contributed by atoms with Crippen molar-refractivity contribution in [1.29, 1.82) is 0 Å². The third-order valence-corrected chi connectivity index (χ3v) is 11.2. The third kappa shape index (κ3) is 5.31. The van der Waals surface area contributed by atoms with Crippen LogP contribution in [0.5, 0.6) is 0 Å². The van der Waals surface area contributed by atoms with Crippen molar-refractivity contribution in [2.75, 3.05) is 4.90 Å². The number of anilines is 3. The fourth-order valence-corrected chi connectivity index (χ4v) is 8.77. The van der Waals surface area contributed by atoms with Crippen LogP contribution in [0.2, 0.25) is 15.1 Å². The van der Waals surface area contributed by atoms with Crippen LogP contribution in [0.4, 0.5) is 17.2 Å². The van der Waals surface area contributed by atoms with E-state index in [1.165, 1.54) is 10.8 Å². The quantitative estimate of drug-likeness (QED) is 0.158. The van der Waals surface area contributed by atoms with Gasteiger partial charge >= 0.3 is 289 Å². The molecule has 0 saturated carbocycles. The van der Waals surface area contributed by atoms with Crippen molar-refractivity contribution in [3.8, 4) is 16.8 Å². The van der Waals surface area contributed by atoms with Crippen LogP contribution in [-0.4, -0.2) is 29.5 Å². The van der Waals surface area contributed by atoms with E-state index in [0.29, 0.717) is 15.1 Å². The van der Waals surface area contributed by atoms with Crippen molar-refractivity contribution >= 4 is 97.8 Å². The van der Waals surface area contributed by atoms with E-state index in [1.54, 1.807) is 6.20 Å². The zero-order chi connectivity index (χ0) is 31.2. The molecule has 0 spiro atoms. The van der Waals surface area contributed by atoms with Gasteiger partial charge in [-0.3, -0.25) is 0 Å². The van der Waals surface area contributed by atoms with Crippen molar-refractivity contribution in [3.63, 3.8) is 0 Å². The van der Waals surface area contributed by atoms with Crippen molar-refractivity contribution in [2.24, 2.45) is 0 Å². The Balaban J connectivity index is 1.37. The average molecular weight is 723 g/mol. The number of benzene rings is 5. The molecule has 8 rings (SSSR count). The summed E-state index contributed by atoms with van der Waals surface area (Å²) in [5.41, 5.74) is 7.33. The van der Waals surface area contributed by atoms with Gasteiger partial charge in [0.2, 0.25) is 0 Å². The molecule has 0 unspecified atom stereocenters. The van der Waals surface area contributed by atoms with Gasteiger partial charge in [0.25, 0.3) is 0 Å². The molecule has 3 aromatic heterocycles.